The van der Waals surface area contributed by atoms with Gasteiger partial charge in [-0.2, -0.15) is 0 Å². The first-order valence-corrected chi connectivity index (χ1v) is 8.75. The number of rotatable bonds is 8. The summed E-state index contributed by atoms with van der Waals surface area (Å²) in [6.07, 6.45) is 0.593. The summed E-state index contributed by atoms with van der Waals surface area (Å²) in [7, 11) is 0. The Morgan fingerprint density at radius 2 is 1.50 bits per heavy atom. The molecule has 0 bridgehead atoms. The maximum atomic E-state index is 12.8. The molecule has 2 unspecified atom stereocenters. The number of benzene rings is 2. The molecule has 2 amide bonds. The van der Waals surface area contributed by atoms with E-state index in [2.05, 4.69) is 10.6 Å². The molecule has 2 aromatic rings. The predicted octanol–water partition coefficient (Wildman–Crippen LogP) is 3.43. The molecule has 0 aliphatic carbocycles. The lowest BCUT2D eigenvalue weighted by Crippen LogP contribution is -2.38. The van der Waals surface area contributed by atoms with Crippen molar-refractivity contribution < 1.29 is 14.4 Å². The molecule has 26 heavy (non-hydrogen) atoms. The predicted molar refractivity (Wildman–Crippen MR) is 102 cm³/mol. The zero-order chi connectivity index (χ0) is 18.9. The third-order valence-electron chi connectivity index (χ3n) is 4.14. The minimum absolute atomic E-state index is 0.00726. The maximum absolute atomic E-state index is 12.8. The number of hydrogen-bond acceptors (Lipinski definition) is 3. The van der Waals surface area contributed by atoms with Crippen LogP contribution in [-0.2, 0) is 9.59 Å². The third-order valence-corrected chi connectivity index (χ3v) is 4.14. The highest BCUT2D eigenvalue weighted by molar-refractivity contribution is 6.15. The molecule has 0 aromatic heterocycles. The molecule has 0 spiro atoms. The van der Waals surface area contributed by atoms with Gasteiger partial charge in [-0.15, -0.1) is 0 Å². The fourth-order valence-electron chi connectivity index (χ4n) is 2.48. The minimum Gasteiger partial charge on any atom is -0.354 e. The first-order valence-electron chi connectivity index (χ1n) is 8.75. The maximum Gasteiger partial charge on any atom is 0.235 e. The van der Waals surface area contributed by atoms with Gasteiger partial charge in [0.05, 0.1) is 0 Å². The topological polar surface area (TPSA) is 75.3 Å². The van der Waals surface area contributed by atoms with Gasteiger partial charge in [-0.25, -0.2) is 0 Å². The lowest BCUT2D eigenvalue weighted by molar-refractivity contribution is -0.126. The van der Waals surface area contributed by atoms with Crippen LogP contribution in [-0.4, -0.2) is 23.6 Å². The highest BCUT2D eigenvalue weighted by Gasteiger charge is 2.30. The lowest BCUT2D eigenvalue weighted by Gasteiger charge is -2.18. The van der Waals surface area contributed by atoms with Crippen LogP contribution in [0.25, 0.3) is 0 Å². The molecular formula is C21H24N2O3. The number of anilines is 1. The Morgan fingerprint density at radius 3 is 2.08 bits per heavy atom. The highest BCUT2D eigenvalue weighted by atomic mass is 16.2. The van der Waals surface area contributed by atoms with E-state index >= 15 is 0 Å². The van der Waals surface area contributed by atoms with E-state index in [4.69, 9.17) is 0 Å². The summed E-state index contributed by atoms with van der Waals surface area (Å²) in [5.74, 6) is -2.24. The van der Waals surface area contributed by atoms with Gasteiger partial charge in [-0.1, -0.05) is 55.5 Å². The highest BCUT2D eigenvalue weighted by Crippen LogP contribution is 2.16. The van der Waals surface area contributed by atoms with E-state index in [1.165, 1.54) is 0 Å². The van der Waals surface area contributed by atoms with E-state index in [1.54, 1.807) is 54.6 Å². The van der Waals surface area contributed by atoms with Crippen LogP contribution >= 0.6 is 0 Å². The molecule has 2 N–H and O–H groups in total. The van der Waals surface area contributed by atoms with Gasteiger partial charge in [-0.05, 0) is 25.5 Å². The normalized spacial score (nSPS) is 12.7. The fourth-order valence-corrected chi connectivity index (χ4v) is 2.48. The Labute approximate surface area is 153 Å². The second kappa shape index (κ2) is 9.51. The summed E-state index contributed by atoms with van der Waals surface area (Å²) >= 11 is 0. The molecule has 2 atom stereocenters. The van der Waals surface area contributed by atoms with Crippen LogP contribution in [0, 0.1) is 5.92 Å². The van der Waals surface area contributed by atoms with Gasteiger partial charge in [0.15, 0.2) is 5.78 Å². The molecule has 5 nitrogen and oxygen atoms in total. The lowest BCUT2D eigenvalue weighted by atomic mass is 9.93. The summed E-state index contributed by atoms with van der Waals surface area (Å²) in [4.78, 5) is 37.8. The van der Waals surface area contributed by atoms with Crippen molar-refractivity contribution in [2.75, 3.05) is 5.32 Å². The Bertz CT molecular complexity index is 744. The average molecular weight is 352 g/mol. The smallest absolute Gasteiger partial charge is 0.235 e. The van der Waals surface area contributed by atoms with E-state index in [0.29, 0.717) is 11.3 Å². The number of amides is 2. The summed E-state index contributed by atoms with van der Waals surface area (Å²) in [5, 5.41) is 5.54. The zero-order valence-electron chi connectivity index (χ0n) is 15.1. The van der Waals surface area contributed by atoms with Crippen molar-refractivity contribution in [1.29, 1.82) is 0 Å². The number of carbonyl (C=O) groups is 3. The molecule has 0 aliphatic rings. The summed E-state index contributed by atoms with van der Waals surface area (Å²) in [6.45, 7) is 3.84. The molecule has 5 heteroatoms. The first kappa shape index (κ1) is 19.4. The van der Waals surface area contributed by atoms with Crippen LogP contribution in [0.2, 0.25) is 0 Å². The quantitative estimate of drug-likeness (QED) is 0.564. The summed E-state index contributed by atoms with van der Waals surface area (Å²) < 4.78 is 0. The Hall–Kier alpha value is -2.95. The molecule has 2 aromatic carbocycles. The number of hydrogen-bond donors (Lipinski definition) is 2. The minimum atomic E-state index is -1.08. The monoisotopic (exact) mass is 352 g/mol. The van der Waals surface area contributed by atoms with Crippen molar-refractivity contribution >= 4 is 23.3 Å². The van der Waals surface area contributed by atoms with Crippen molar-refractivity contribution in [2.45, 2.75) is 32.7 Å². The van der Waals surface area contributed by atoms with Crippen molar-refractivity contribution in [1.82, 2.24) is 5.32 Å². The average Bonchev–Trinajstić information content (AvgIpc) is 2.66. The van der Waals surface area contributed by atoms with Crippen LogP contribution in [0.15, 0.2) is 60.7 Å². The molecule has 0 saturated carbocycles. The Kier molecular flexibility index (Phi) is 7.09. The summed E-state index contributed by atoms with van der Waals surface area (Å²) in [6, 6.07) is 17.5. The number of nitrogens with one attached hydrogen (secondary N) is 2. The van der Waals surface area contributed by atoms with E-state index in [0.717, 1.165) is 6.42 Å². The Balaban J connectivity index is 2.18. The van der Waals surface area contributed by atoms with Crippen molar-refractivity contribution in [2.24, 2.45) is 5.92 Å². The van der Waals surface area contributed by atoms with Crippen molar-refractivity contribution in [3.8, 4) is 0 Å². The summed E-state index contributed by atoms with van der Waals surface area (Å²) in [5.41, 5.74) is 1.00. The van der Waals surface area contributed by atoms with Gasteiger partial charge in [0.1, 0.15) is 5.92 Å². The second-order valence-electron chi connectivity index (χ2n) is 6.22. The Morgan fingerprint density at radius 1 is 0.923 bits per heavy atom. The second-order valence-corrected chi connectivity index (χ2v) is 6.22. The van der Waals surface area contributed by atoms with Gasteiger partial charge in [-0.3, -0.25) is 14.4 Å². The SMILES string of the molecule is CCC(C)NC(=O)CC(C(=O)Nc1ccccc1)C(=O)c1ccccc1. The van der Waals surface area contributed by atoms with Gasteiger partial charge in [0.25, 0.3) is 0 Å². The standard InChI is InChI=1S/C21H24N2O3/c1-3-15(2)22-19(24)14-18(20(25)16-10-6-4-7-11-16)21(26)23-17-12-8-5-9-13-17/h4-13,15,18H,3,14H2,1-2H3,(H,22,24)(H,23,26). The molecule has 0 heterocycles. The molecule has 0 aliphatic heterocycles. The van der Waals surface area contributed by atoms with Gasteiger partial charge < -0.3 is 10.6 Å². The van der Waals surface area contributed by atoms with Crippen molar-refractivity contribution in [3.05, 3.63) is 66.2 Å². The van der Waals surface area contributed by atoms with Gasteiger partial charge >= 0.3 is 0 Å². The molecule has 136 valence electrons. The number of carbonyl (C=O) groups excluding carboxylic acids is 3. The van der Waals surface area contributed by atoms with E-state index in [1.807, 2.05) is 19.9 Å². The van der Waals surface area contributed by atoms with E-state index in [9.17, 15) is 14.4 Å². The van der Waals surface area contributed by atoms with E-state index < -0.39 is 11.8 Å². The van der Waals surface area contributed by atoms with Crippen molar-refractivity contribution in [3.63, 3.8) is 0 Å². The fraction of sp³-hybridized carbons (Fsp3) is 0.286. The number of ketones is 1. The van der Waals surface area contributed by atoms with Crippen LogP contribution < -0.4 is 10.6 Å². The molecule has 2 rings (SSSR count). The molecule has 0 fully saturated rings. The van der Waals surface area contributed by atoms with E-state index in [-0.39, 0.29) is 24.2 Å². The first-order chi connectivity index (χ1) is 12.5. The van der Waals surface area contributed by atoms with Gasteiger partial charge in [0, 0.05) is 23.7 Å². The molecular weight excluding hydrogens is 328 g/mol. The number of Topliss-reactive ketones (excluding diaryl/α,β-unsaturated/α-hetero) is 1. The largest absolute Gasteiger partial charge is 0.354 e. The van der Waals surface area contributed by atoms with Crippen LogP contribution in [0.1, 0.15) is 37.0 Å². The third kappa shape index (κ3) is 5.55. The van der Waals surface area contributed by atoms with Gasteiger partial charge in [0.2, 0.25) is 11.8 Å². The zero-order valence-corrected chi connectivity index (χ0v) is 15.1. The molecule has 0 radical (unpaired) electrons. The molecule has 0 saturated heterocycles. The van der Waals surface area contributed by atoms with Crippen LogP contribution in [0.4, 0.5) is 5.69 Å². The number of para-hydroxylation sites is 1. The van der Waals surface area contributed by atoms with Crippen LogP contribution in [0.3, 0.4) is 0 Å². The van der Waals surface area contributed by atoms with Crippen LogP contribution in [0.5, 0.6) is 0 Å².